The van der Waals surface area contributed by atoms with Gasteiger partial charge in [0.25, 0.3) is 5.91 Å². The molecule has 1 amide bonds. The molecule has 0 aliphatic rings. The molecule has 3 aromatic heterocycles. The third-order valence-electron chi connectivity index (χ3n) is 4.40. The molecule has 0 saturated heterocycles. The van der Waals surface area contributed by atoms with Crippen LogP contribution in [0.2, 0.25) is 0 Å². The molecule has 130 valence electrons. The zero-order valence-electron chi connectivity index (χ0n) is 14.4. The van der Waals surface area contributed by atoms with E-state index in [-0.39, 0.29) is 11.9 Å². The van der Waals surface area contributed by atoms with Crippen molar-refractivity contribution in [2.75, 3.05) is 7.05 Å². The second-order valence-electron chi connectivity index (χ2n) is 6.02. The van der Waals surface area contributed by atoms with E-state index < -0.39 is 0 Å². The van der Waals surface area contributed by atoms with Gasteiger partial charge in [0.1, 0.15) is 24.0 Å². The van der Waals surface area contributed by atoms with Crippen LogP contribution in [0.5, 0.6) is 0 Å². The predicted octanol–water partition coefficient (Wildman–Crippen LogP) is 3.24. The molecule has 4 rings (SSSR count). The molecule has 0 fully saturated rings. The average Bonchev–Trinajstić information content (AvgIpc) is 3.36. The molecule has 26 heavy (non-hydrogen) atoms. The lowest BCUT2D eigenvalue weighted by atomic mass is 10.1. The van der Waals surface area contributed by atoms with Crippen LogP contribution in [0.1, 0.15) is 29.1 Å². The van der Waals surface area contributed by atoms with E-state index in [0.717, 1.165) is 16.7 Å². The molecule has 0 radical (unpaired) electrons. The lowest BCUT2D eigenvalue weighted by molar-refractivity contribution is 0.0727. The normalized spacial score (nSPS) is 12.2. The lowest BCUT2D eigenvalue weighted by Gasteiger charge is -2.23. The minimum atomic E-state index is -0.210. The number of para-hydroxylation sites is 1. The number of pyridine rings is 1. The van der Waals surface area contributed by atoms with Crippen LogP contribution in [0.15, 0.2) is 65.7 Å². The van der Waals surface area contributed by atoms with Crippen LogP contribution in [0.4, 0.5) is 0 Å². The van der Waals surface area contributed by atoms with E-state index in [1.165, 1.54) is 17.3 Å². The summed E-state index contributed by atoms with van der Waals surface area (Å²) < 4.78 is 7.40. The lowest BCUT2D eigenvalue weighted by Crippen LogP contribution is -2.29. The van der Waals surface area contributed by atoms with Crippen molar-refractivity contribution in [1.82, 2.24) is 24.6 Å². The summed E-state index contributed by atoms with van der Waals surface area (Å²) in [5, 5.41) is 5.06. The van der Waals surface area contributed by atoms with Gasteiger partial charge in [-0.1, -0.05) is 18.2 Å². The molecular formula is C19H17N5O2. The van der Waals surface area contributed by atoms with Gasteiger partial charge in [0.05, 0.1) is 6.04 Å². The van der Waals surface area contributed by atoms with Gasteiger partial charge in [0, 0.05) is 24.2 Å². The maximum absolute atomic E-state index is 12.9. The van der Waals surface area contributed by atoms with E-state index in [2.05, 4.69) is 15.1 Å². The number of aromatic nitrogens is 4. The number of hydrogen-bond donors (Lipinski definition) is 0. The van der Waals surface area contributed by atoms with Gasteiger partial charge < -0.3 is 9.32 Å². The molecule has 0 aliphatic carbocycles. The van der Waals surface area contributed by atoms with E-state index in [9.17, 15) is 4.79 Å². The Balaban J connectivity index is 1.60. The largest absolute Gasteiger partial charge is 0.459 e. The maximum Gasteiger partial charge on any atom is 0.254 e. The fourth-order valence-electron chi connectivity index (χ4n) is 2.78. The zero-order chi connectivity index (χ0) is 18.1. The summed E-state index contributed by atoms with van der Waals surface area (Å²) in [6, 6.07) is 12.9. The third-order valence-corrected chi connectivity index (χ3v) is 4.40. The first-order valence-corrected chi connectivity index (χ1v) is 8.20. The van der Waals surface area contributed by atoms with Gasteiger partial charge in [0.2, 0.25) is 0 Å². The van der Waals surface area contributed by atoms with Crippen LogP contribution in [-0.2, 0) is 0 Å². The van der Waals surface area contributed by atoms with Gasteiger partial charge in [-0.3, -0.25) is 4.79 Å². The van der Waals surface area contributed by atoms with E-state index >= 15 is 0 Å². The summed E-state index contributed by atoms with van der Waals surface area (Å²) in [4.78, 5) is 22.7. The monoisotopic (exact) mass is 347 g/mol. The van der Waals surface area contributed by atoms with Gasteiger partial charge in [-0.05, 0) is 31.2 Å². The molecule has 7 nitrogen and oxygen atoms in total. The first-order valence-electron chi connectivity index (χ1n) is 8.20. The number of fused-ring (bicyclic) bond motifs is 1. The number of amides is 1. The molecule has 0 saturated carbocycles. The zero-order valence-corrected chi connectivity index (χ0v) is 14.4. The van der Waals surface area contributed by atoms with Crippen molar-refractivity contribution >= 4 is 16.9 Å². The van der Waals surface area contributed by atoms with Crippen LogP contribution in [-0.4, -0.2) is 37.6 Å². The number of carbonyl (C=O) groups excluding carboxylic acids is 1. The van der Waals surface area contributed by atoms with Crippen molar-refractivity contribution in [2.24, 2.45) is 0 Å². The Labute approximate surface area is 149 Å². The minimum Gasteiger partial charge on any atom is -0.459 e. The number of carbonyl (C=O) groups is 1. The number of furan rings is 1. The summed E-state index contributed by atoms with van der Waals surface area (Å²) in [5.41, 5.74) is 1.34. The summed E-state index contributed by atoms with van der Waals surface area (Å²) in [7, 11) is 1.76. The first-order chi connectivity index (χ1) is 12.6. The average molecular weight is 347 g/mol. The standard InChI is InChI=1S/C19H17N5O2/c1-13(17-9-14-5-3-4-6-16(14)26-17)23(2)19(25)15-7-8-21-18(10-15)24-12-20-11-22-24/h3-13H,1-2H3/t13-/m0/s1. The maximum atomic E-state index is 12.9. The highest BCUT2D eigenvalue weighted by atomic mass is 16.3. The molecule has 4 aromatic rings. The molecule has 0 N–H and O–H groups in total. The number of benzene rings is 1. The van der Waals surface area contributed by atoms with E-state index in [0.29, 0.717) is 11.4 Å². The van der Waals surface area contributed by atoms with Crippen LogP contribution in [0.25, 0.3) is 16.8 Å². The van der Waals surface area contributed by atoms with Gasteiger partial charge in [-0.25, -0.2) is 14.6 Å². The van der Waals surface area contributed by atoms with Crippen molar-refractivity contribution in [1.29, 1.82) is 0 Å². The minimum absolute atomic E-state index is 0.123. The molecule has 1 atom stereocenters. The van der Waals surface area contributed by atoms with Gasteiger partial charge in [0.15, 0.2) is 5.82 Å². The Morgan fingerprint density at radius 2 is 2.08 bits per heavy atom. The first kappa shape index (κ1) is 16.0. The highest BCUT2D eigenvalue weighted by Gasteiger charge is 2.22. The quantitative estimate of drug-likeness (QED) is 0.566. The molecular weight excluding hydrogens is 330 g/mol. The van der Waals surface area contributed by atoms with Crippen molar-refractivity contribution in [3.63, 3.8) is 0 Å². The van der Waals surface area contributed by atoms with Gasteiger partial charge in [-0.15, -0.1) is 0 Å². The van der Waals surface area contributed by atoms with Crippen LogP contribution in [0.3, 0.4) is 0 Å². The molecule has 0 bridgehead atoms. The number of rotatable bonds is 4. The Morgan fingerprint density at radius 3 is 2.85 bits per heavy atom. The molecule has 1 aromatic carbocycles. The molecule has 0 unspecified atom stereocenters. The Kier molecular flexibility index (Phi) is 3.96. The highest BCUT2D eigenvalue weighted by Crippen LogP contribution is 2.27. The fraction of sp³-hybridized carbons (Fsp3) is 0.158. The number of nitrogens with zero attached hydrogens (tertiary/aromatic N) is 5. The predicted molar refractivity (Wildman–Crippen MR) is 95.9 cm³/mol. The Bertz CT molecular complexity index is 1020. The molecule has 7 heteroatoms. The van der Waals surface area contributed by atoms with E-state index in [1.54, 1.807) is 30.3 Å². The smallest absolute Gasteiger partial charge is 0.254 e. The van der Waals surface area contributed by atoms with Crippen molar-refractivity contribution < 1.29 is 9.21 Å². The van der Waals surface area contributed by atoms with Crippen LogP contribution < -0.4 is 0 Å². The highest BCUT2D eigenvalue weighted by molar-refractivity contribution is 5.94. The van der Waals surface area contributed by atoms with E-state index in [4.69, 9.17) is 4.42 Å². The Morgan fingerprint density at radius 1 is 1.23 bits per heavy atom. The summed E-state index contributed by atoms with van der Waals surface area (Å²) in [6.07, 6.45) is 4.55. The van der Waals surface area contributed by atoms with Crippen molar-refractivity contribution in [2.45, 2.75) is 13.0 Å². The molecule has 0 aliphatic heterocycles. The topological polar surface area (TPSA) is 77.0 Å². The summed E-state index contributed by atoms with van der Waals surface area (Å²) >= 11 is 0. The third kappa shape index (κ3) is 2.83. The summed E-state index contributed by atoms with van der Waals surface area (Å²) in [5.74, 6) is 1.16. The second-order valence-corrected chi connectivity index (χ2v) is 6.02. The van der Waals surface area contributed by atoms with Gasteiger partial charge in [-0.2, -0.15) is 5.10 Å². The number of hydrogen-bond acceptors (Lipinski definition) is 5. The van der Waals surface area contributed by atoms with Gasteiger partial charge >= 0.3 is 0 Å². The second kappa shape index (κ2) is 6.44. The fourth-order valence-corrected chi connectivity index (χ4v) is 2.78. The molecule has 0 spiro atoms. The van der Waals surface area contributed by atoms with Crippen LogP contribution >= 0.6 is 0 Å². The Hall–Kier alpha value is -3.48. The van der Waals surface area contributed by atoms with E-state index in [1.807, 2.05) is 37.3 Å². The van der Waals surface area contributed by atoms with Crippen molar-refractivity contribution in [3.05, 3.63) is 72.6 Å². The summed E-state index contributed by atoms with van der Waals surface area (Å²) in [6.45, 7) is 1.94. The van der Waals surface area contributed by atoms with Crippen LogP contribution in [0, 0.1) is 0 Å². The van der Waals surface area contributed by atoms with Crippen molar-refractivity contribution in [3.8, 4) is 5.82 Å². The molecule has 3 heterocycles. The SMILES string of the molecule is C[C@@H](c1cc2ccccc2o1)N(C)C(=O)c1ccnc(-n2cncn2)c1.